The Balaban J connectivity index is 3.16. The summed E-state index contributed by atoms with van der Waals surface area (Å²) >= 11 is 0. The minimum absolute atomic E-state index is 0.00630. The summed E-state index contributed by atoms with van der Waals surface area (Å²) in [6.45, 7) is 0. The van der Waals surface area contributed by atoms with Gasteiger partial charge < -0.3 is 15.3 Å². The van der Waals surface area contributed by atoms with E-state index in [4.69, 9.17) is 5.11 Å². The lowest BCUT2D eigenvalue weighted by Crippen LogP contribution is -2.28. The van der Waals surface area contributed by atoms with Crippen molar-refractivity contribution in [3.63, 3.8) is 0 Å². The van der Waals surface area contributed by atoms with Crippen molar-refractivity contribution in [2.24, 2.45) is 0 Å². The SMILES string of the molecule is CN(C)C(=O)Nc1ccc([N+](=O)[O-])cc1C(=O)O. The van der Waals surface area contributed by atoms with Gasteiger partial charge in [-0.1, -0.05) is 0 Å². The summed E-state index contributed by atoms with van der Waals surface area (Å²) in [5.74, 6) is -1.35. The van der Waals surface area contributed by atoms with E-state index in [1.165, 1.54) is 25.1 Å². The fourth-order valence-corrected chi connectivity index (χ4v) is 1.16. The van der Waals surface area contributed by atoms with E-state index in [0.29, 0.717) is 0 Å². The summed E-state index contributed by atoms with van der Waals surface area (Å²) in [5, 5.41) is 21.8. The molecule has 2 N–H and O–H groups in total. The third-order valence-corrected chi connectivity index (χ3v) is 2.09. The van der Waals surface area contributed by atoms with Crippen LogP contribution in [0.3, 0.4) is 0 Å². The lowest BCUT2D eigenvalue weighted by molar-refractivity contribution is -0.384. The minimum atomic E-state index is -1.35. The Morgan fingerprint density at radius 2 is 2.00 bits per heavy atom. The number of aromatic carboxylic acids is 1. The number of amides is 2. The lowest BCUT2D eigenvalue weighted by Gasteiger charge is -2.13. The number of anilines is 1. The van der Waals surface area contributed by atoms with Gasteiger partial charge in [-0.3, -0.25) is 10.1 Å². The molecule has 0 aliphatic heterocycles. The van der Waals surface area contributed by atoms with E-state index in [0.717, 1.165) is 12.1 Å². The molecule has 18 heavy (non-hydrogen) atoms. The number of nitrogens with zero attached hydrogens (tertiary/aromatic N) is 2. The molecule has 96 valence electrons. The third-order valence-electron chi connectivity index (χ3n) is 2.09. The smallest absolute Gasteiger partial charge is 0.338 e. The molecular weight excluding hydrogens is 242 g/mol. The summed E-state index contributed by atoms with van der Waals surface area (Å²) in [4.78, 5) is 33.4. The fourth-order valence-electron chi connectivity index (χ4n) is 1.16. The fraction of sp³-hybridized carbons (Fsp3) is 0.200. The van der Waals surface area contributed by atoms with Crippen molar-refractivity contribution in [1.29, 1.82) is 0 Å². The molecule has 1 aromatic carbocycles. The molecule has 8 heteroatoms. The quantitative estimate of drug-likeness (QED) is 0.624. The molecule has 0 saturated heterocycles. The van der Waals surface area contributed by atoms with Gasteiger partial charge in [0.1, 0.15) is 0 Å². The highest BCUT2D eigenvalue weighted by molar-refractivity contribution is 6.00. The number of nitrogens with one attached hydrogen (secondary N) is 1. The summed E-state index contributed by atoms with van der Waals surface area (Å²) < 4.78 is 0. The number of carboxylic acids is 1. The number of benzene rings is 1. The number of hydrogen-bond acceptors (Lipinski definition) is 4. The maximum atomic E-state index is 11.4. The third kappa shape index (κ3) is 2.94. The molecule has 0 aliphatic carbocycles. The molecule has 0 atom stereocenters. The molecule has 0 saturated carbocycles. The van der Waals surface area contributed by atoms with Crippen molar-refractivity contribution in [1.82, 2.24) is 4.90 Å². The van der Waals surface area contributed by atoms with Crippen LogP contribution in [0.25, 0.3) is 0 Å². The highest BCUT2D eigenvalue weighted by Gasteiger charge is 2.17. The Hall–Kier alpha value is -2.64. The van der Waals surface area contributed by atoms with Gasteiger partial charge in [0.25, 0.3) is 5.69 Å². The number of non-ortho nitro benzene ring substituents is 1. The van der Waals surface area contributed by atoms with Crippen LogP contribution in [0.15, 0.2) is 18.2 Å². The molecule has 0 fully saturated rings. The standard InChI is InChI=1S/C10H11N3O5/c1-12(2)10(16)11-8-4-3-6(13(17)18)5-7(8)9(14)15/h3-5H,1-2H3,(H,11,16)(H,14,15). The van der Waals surface area contributed by atoms with Gasteiger partial charge in [0.05, 0.1) is 16.2 Å². The van der Waals surface area contributed by atoms with Crippen molar-refractivity contribution in [2.75, 3.05) is 19.4 Å². The number of carbonyl (C=O) groups is 2. The van der Waals surface area contributed by atoms with Crippen LogP contribution in [0.2, 0.25) is 0 Å². The largest absolute Gasteiger partial charge is 0.478 e. The normalized spacial score (nSPS) is 9.67. The summed E-state index contributed by atoms with van der Waals surface area (Å²) in [6.07, 6.45) is 0. The number of carbonyl (C=O) groups excluding carboxylic acids is 1. The number of nitro benzene ring substituents is 1. The molecule has 0 bridgehead atoms. The summed E-state index contributed by atoms with van der Waals surface area (Å²) in [6, 6.07) is 2.68. The zero-order valence-corrected chi connectivity index (χ0v) is 9.71. The van der Waals surface area contributed by atoms with Crippen LogP contribution in [0.1, 0.15) is 10.4 Å². The number of hydrogen-bond donors (Lipinski definition) is 2. The maximum Gasteiger partial charge on any atom is 0.338 e. The van der Waals surface area contributed by atoms with Crippen molar-refractivity contribution < 1.29 is 19.6 Å². The van der Waals surface area contributed by atoms with Crippen LogP contribution < -0.4 is 5.32 Å². The maximum absolute atomic E-state index is 11.4. The molecule has 2 amide bonds. The van der Waals surface area contributed by atoms with Crippen molar-refractivity contribution in [3.8, 4) is 0 Å². The molecule has 0 heterocycles. The van der Waals surface area contributed by atoms with Crippen LogP contribution in [-0.2, 0) is 0 Å². The van der Waals surface area contributed by atoms with Gasteiger partial charge in [-0.25, -0.2) is 9.59 Å². The van der Waals surface area contributed by atoms with Crippen LogP contribution in [0.4, 0.5) is 16.2 Å². The van der Waals surface area contributed by atoms with Gasteiger partial charge in [-0.2, -0.15) is 0 Å². The van der Waals surface area contributed by atoms with Crippen LogP contribution in [-0.4, -0.2) is 41.0 Å². The number of carboxylic acid groups (broad SMARTS) is 1. The molecule has 0 unspecified atom stereocenters. The molecule has 0 aromatic heterocycles. The Kier molecular flexibility index (Phi) is 3.82. The second-order valence-corrected chi connectivity index (χ2v) is 3.62. The molecule has 1 aromatic rings. The van der Waals surface area contributed by atoms with Gasteiger partial charge in [-0.05, 0) is 6.07 Å². The summed E-state index contributed by atoms with van der Waals surface area (Å²) in [7, 11) is 2.97. The van der Waals surface area contributed by atoms with E-state index >= 15 is 0 Å². The van der Waals surface area contributed by atoms with Crippen molar-refractivity contribution in [2.45, 2.75) is 0 Å². The first-order valence-corrected chi connectivity index (χ1v) is 4.83. The number of nitro groups is 1. The first-order valence-electron chi connectivity index (χ1n) is 4.83. The first-order chi connectivity index (χ1) is 8.32. The van der Waals surface area contributed by atoms with E-state index < -0.39 is 16.9 Å². The van der Waals surface area contributed by atoms with Gasteiger partial charge >= 0.3 is 12.0 Å². The Morgan fingerprint density at radius 1 is 1.39 bits per heavy atom. The number of rotatable bonds is 3. The van der Waals surface area contributed by atoms with E-state index in [1.807, 2.05) is 0 Å². The van der Waals surface area contributed by atoms with Crippen LogP contribution >= 0.6 is 0 Å². The average molecular weight is 253 g/mol. The molecular formula is C10H11N3O5. The van der Waals surface area contributed by atoms with E-state index in [9.17, 15) is 19.7 Å². The van der Waals surface area contributed by atoms with Gasteiger partial charge in [0.15, 0.2) is 0 Å². The number of urea groups is 1. The molecule has 0 radical (unpaired) electrons. The molecule has 0 spiro atoms. The Morgan fingerprint density at radius 3 is 2.44 bits per heavy atom. The van der Waals surface area contributed by atoms with Crippen LogP contribution in [0, 0.1) is 10.1 Å². The lowest BCUT2D eigenvalue weighted by atomic mass is 10.1. The topological polar surface area (TPSA) is 113 Å². The predicted octanol–water partition coefficient (Wildman–Crippen LogP) is 1.39. The minimum Gasteiger partial charge on any atom is -0.478 e. The Bertz CT molecular complexity index is 512. The average Bonchev–Trinajstić information content (AvgIpc) is 2.28. The van der Waals surface area contributed by atoms with Crippen molar-refractivity contribution in [3.05, 3.63) is 33.9 Å². The summed E-state index contributed by atoms with van der Waals surface area (Å²) in [5.41, 5.74) is -0.679. The van der Waals surface area contributed by atoms with E-state index in [1.54, 1.807) is 0 Å². The van der Waals surface area contributed by atoms with Gasteiger partial charge in [0.2, 0.25) is 0 Å². The van der Waals surface area contributed by atoms with Crippen LogP contribution in [0.5, 0.6) is 0 Å². The Labute approximate surface area is 102 Å². The van der Waals surface area contributed by atoms with E-state index in [-0.39, 0.29) is 16.9 Å². The van der Waals surface area contributed by atoms with E-state index in [2.05, 4.69) is 5.32 Å². The monoisotopic (exact) mass is 253 g/mol. The van der Waals surface area contributed by atoms with Gasteiger partial charge in [0, 0.05) is 26.2 Å². The zero-order valence-electron chi connectivity index (χ0n) is 9.71. The zero-order chi connectivity index (χ0) is 13.9. The predicted molar refractivity (Wildman–Crippen MR) is 62.8 cm³/mol. The first kappa shape index (κ1) is 13.4. The molecule has 8 nitrogen and oxygen atoms in total. The van der Waals surface area contributed by atoms with Crippen molar-refractivity contribution >= 4 is 23.4 Å². The highest BCUT2D eigenvalue weighted by atomic mass is 16.6. The van der Waals surface area contributed by atoms with Gasteiger partial charge in [-0.15, -0.1) is 0 Å². The molecule has 0 aliphatic rings. The second-order valence-electron chi connectivity index (χ2n) is 3.62. The molecule has 1 rings (SSSR count). The second kappa shape index (κ2) is 5.13. The highest BCUT2D eigenvalue weighted by Crippen LogP contribution is 2.22.